The fourth-order valence-electron chi connectivity index (χ4n) is 0. The van der Waals surface area contributed by atoms with Gasteiger partial charge in [0.05, 0.1) is 0 Å². The normalized spacial score (nSPS) is 5.00. The molecule has 0 aliphatic carbocycles. The highest BCUT2D eigenvalue weighted by molar-refractivity contribution is 4.83. The lowest BCUT2D eigenvalue weighted by molar-refractivity contribution is 1.49. The molecule has 0 atom stereocenters. The van der Waals surface area contributed by atoms with Crippen LogP contribution in [0.4, 0.5) is 0 Å². The maximum absolute atomic E-state index is 6.22. The monoisotopic (exact) mass is 51.0 g/mol. The number of terminal acetylenes is 1. The molecule has 0 spiro atoms. The van der Waals surface area contributed by atoms with Crippen molar-refractivity contribution in [2.75, 3.05) is 0 Å². The lowest BCUT2D eigenvalue weighted by Crippen LogP contribution is -1.40. The second kappa shape index (κ2) is 2.56. The Morgan fingerprint density at radius 1 is 2.00 bits per heavy atom. The van der Waals surface area contributed by atoms with Crippen molar-refractivity contribution in [1.29, 1.82) is 0 Å². The van der Waals surface area contributed by atoms with Crippen LogP contribution in [0.25, 0.3) is 0 Å². The predicted molar refractivity (Wildman–Crippen MR) is 16.7 cm³/mol. The second-order valence-electron chi connectivity index (χ2n) is 0.381. The molecule has 0 unspecified atom stereocenters. The highest BCUT2D eigenvalue weighted by Crippen LogP contribution is 1.56. The lowest BCUT2D eigenvalue weighted by atomic mass is 10.5. The number of rotatable bonds is 0. The Kier molecular flexibility index (Phi) is 2.28. The van der Waals surface area contributed by atoms with Gasteiger partial charge in [0.15, 0.2) is 0 Å². The maximum atomic E-state index is 6.22. The molecule has 0 bridgehead atoms. The molecule has 3 radical (unpaired) electrons. The van der Waals surface area contributed by atoms with Gasteiger partial charge in [0.2, 0.25) is 0 Å². The summed E-state index contributed by atoms with van der Waals surface area (Å²) in [5.41, 5.74) is 0. The standard InChI is InChI=1S/C4H3/c1-3-4-2/h1H,4H2. The summed E-state index contributed by atoms with van der Waals surface area (Å²) in [6.45, 7) is 6.22. The highest BCUT2D eigenvalue weighted by atomic mass is 13.5. The Labute approximate surface area is 26.8 Å². The molecule has 0 nitrogen and oxygen atoms in total. The van der Waals surface area contributed by atoms with Gasteiger partial charge in [0.25, 0.3) is 0 Å². The molecule has 4 heavy (non-hydrogen) atoms. The van der Waals surface area contributed by atoms with Gasteiger partial charge in [0.1, 0.15) is 0 Å². The molecule has 0 saturated carbocycles. The van der Waals surface area contributed by atoms with Gasteiger partial charge in [-0.05, 0) is 0 Å². The fraction of sp³-hybridized carbons (Fsp3) is 0.250. The summed E-state index contributed by atoms with van der Waals surface area (Å²) in [4.78, 5) is 0. The molecular weight excluding hydrogens is 48.0 g/mol. The Bertz CT molecular complexity index is 29.8. The van der Waals surface area contributed by atoms with Gasteiger partial charge in [-0.1, -0.05) is 0 Å². The Morgan fingerprint density at radius 3 is 2.25 bits per heavy atom. The van der Waals surface area contributed by atoms with Gasteiger partial charge >= 0.3 is 0 Å². The van der Waals surface area contributed by atoms with E-state index in [4.69, 9.17) is 6.92 Å². The van der Waals surface area contributed by atoms with E-state index < -0.39 is 0 Å². The van der Waals surface area contributed by atoms with Crippen LogP contribution in [-0.2, 0) is 0 Å². The third-order valence-electron chi connectivity index (χ3n) is 0.102. The van der Waals surface area contributed by atoms with E-state index in [1.807, 2.05) is 0 Å². The molecule has 0 aliphatic heterocycles. The van der Waals surface area contributed by atoms with E-state index in [1.165, 1.54) is 0 Å². The third kappa shape index (κ3) is 1.56. The van der Waals surface area contributed by atoms with Crippen LogP contribution in [0.1, 0.15) is 6.42 Å². The minimum absolute atomic E-state index is 0.0972. The Hall–Kier alpha value is -0.440. The predicted octanol–water partition coefficient (Wildman–Crippen LogP) is 0.598. The van der Waals surface area contributed by atoms with Crippen LogP contribution in [0.2, 0.25) is 0 Å². The third-order valence-corrected chi connectivity index (χ3v) is 0.102. The first-order chi connectivity index (χ1) is 1.91. The van der Waals surface area contributed by atoms with Crippen LogP contribution < -0.4 is 0 Å². The zero-order chi connectivity index (χ0) is 3.41. The Balaban J connectivity index is 2.43. The molecule has 0 aromatic rings. The van der Waals surface area contributed by atoms with Gasteiger partial charge < -0.3 is 0 Å². The molecule has 0 aromatic heterocycles. The van der Waals surface area contributed by atoms with E-state index >= 15 is 0 Å². The molecule has 0 saturated heterocycles. The van der Waals surface area contributed by atoms with Crippen LogP contribution in [0, 0.1) is 19.3 Å². The van der Waals surface area contributed by atoms with E-state index in [-0.39, 0.29) is 6.42 Å². The quantitative estimate of drug-likeness (QED) is 0.353. The van der Waals surface area contributed by atoms with Gasteiger partial charge in [-0.25, -0.2) is 0 Å². The molecule has 0 aliphatic rings. The van der Waals surface area contributed by atoms with Crippen molar-refractivity contribution in [2.45, 2.75) is 6.42 Å². The molecule has 0 heteroatoms. The first-order valence-electron chi connectivity index (χ1n) is 0.996. The van der Waals surface area contributed by atoms with E-state index in [9.17, 15) is 0 Å². The van der Waals surface area contributed by atoms with Crippen molar-refractivity contribution >= 4 is 0 Å². The smallest absolute Gasteiger partial charge is 0.0161 e. The van der Waals surface area contributed by atoms with Crippen molar-refractivity contribution in [3.8, 4) is 12.3 Å². The average Bonchev–Trinajstić information content (AvgIpc) is 1.37. The Morgan fingerprint density at radius 2 is 2.25 bits per heavy atom. The van der Waals surface area contributed by atoms with Gasteiger partial charge in [0, 0.05) is 13.3 Å². The van der Waals surface area contributed by atoms with Gasteiger partial charge in [-0.2, -0.15) is 0 Å². The zero-order valence-electron chi connectivity index (χ0n) is 2.28. The van der Waals surface area contributed by atoms with Crippen LogP contribution >= 0.6 is 0 Å². The average molecular weight is 51.1 g/mol. The second-order valence-corrected chi connectivity index (χ2v) is 0.381. The maximum Gasteiger partial charge on any atom is 0.0161 e. The number of hydrogen-bond donors (Lipinski definition) is 0. The molecule has 0 aromatic carbocycles. The topological polar surface area (TPSA) is 0 Å². The van der Waals surface area contributed by atoms with Crippen LogP contribution in [0.3, 0.4) is 0 Å². The summed E-state index contributed by atoms with van der Waals surface area (Å²) in [5.74, 6) is 2.10. The minimum Gasteiger partial charge on any atom is -0.120 e. The summed E-state index contributed by atoms with van der Waals surface area (Å²) in [5, 5.41) is 0. The summed E-state index contributed by atoms with van der Waals surface area (Å²) in [6.07, 6.45) is 4.69. The molecule has 0 N–H and O–H groups in total. The summed E-state index contributed by atoms with van der Waals surface area (Å²) in [7, 11) is 0. The lowest BCUT2D eigenvalue weighted by Gasteiger charge is -1.51. The van der Waals surface area contributed by atoms with Crippen LogP contribution in [-0.4, -0.2) is 0 Å². The molecular formula is C4H3. The molecule has 0 heterocycles. The van der Waals surface area contributed by atoms with E-state index in [0.29, 0.717) is 0 Å². The number of hydrogen-bond acceptors (Lipinski definition) is 0. The van der Waals surface area contributed by atoms with E-state index in [1.54, 1.807) is 0 Å². The molecule has 0 rings (SSSR count). The minimum atomic E-state index is 0.0972. The van der Waals surface area contributed by atoms with E-state index in [0.717, 1.165) is 0 Å². The van der Waals surface area contributed by atoms with Crippen molar-refractivity contribution in [3.63, 3.8) is 0 Å². The first-order valence-corrected chi connectivity index (χ1v) is 0.996. The van der Waals surface area contributed by atoms with Crippen molar-refractivity contribution in [1.82, 2.24) is 0 Å². The van der Waals surface area contributed by atoms with Crippen molar-refractivity contribution < 1.29 is 0 Å². The summed E-state index contributed by atoms with van der Waals surface area (Å²) < 4.78 is 0. The first kappa shape index (κ1) is 3.56. The van der Waals surface area contributed by atoms with Crippen LogP contribution in [0.15, 0.2) is 0 Å². The summed E-state index contributed by atoms with van der Waals surface area (Å²) in [6, 6.07) is 0. The van der Waals surface area contributed by atoms with Gasteiger partial charge in [-0.15, -0.1) is 12.3 Å². The summed E-state index contributed by atoms with van der Waals surface area (Å²) >= 11 is 0. The molecule has 19 valence electrons. The van der Waals surface area contributed by atoms with Gasteiger partial charge in [-0.3, -0.25) is 0 Å². The fourth-order valence-corrected chi connectivity index (χ4v) is 0. The van der Waals surface area contributed by atoms with Crippen molar-refractivity contribution in [2.24, 2.45) is 0 Å². The largest absolute Gasteiger partial charge is 0.120 e. The highest BCUT2D eigenvalue weighted by Gasteiger charge is 1.45. The van der Waals surface area contributed by atoms with Crippen molar-refractivity contribution in [3.05, 3.63) is 6.92 Å². The molecule has 0 amide bonds. The SMILES string of the molecule is [C]CC#C. The van der Waals surface area contributed by atoms with Crippen LogP contribution in [0.5, 0.6) is 0 Å². The zero-order valence-corrected chi connectivity index (χ0v) is 2.28. The van der Waals surface area contributed by atoms with E-state index in [2.05, 4.69) is 12.3 Å². The molecule has 0 fully saturated rings.